The highest BCUT2D eigenvalue weighted by atomic mass is 16.2. The topological polar surface area (TPSA) is 133 Å². The predicted molar refractivity (Wildman–Crippen MR) is 319 cm³/mol. The minimum Gasteiger partial charge on any atom is -0.368 e. The Balaban J connectivity index is 0.000000168. The molecule has 0 saturated carbocycles. The first-order valence-corrected chi connectivity index (χ1v) is 27.3. The number of amides is 6. The Morgan fingerprint density at radius 2 is 0.740 bits per heavy atom. The molecule has 9 rings (SSSR count). The van der Waals surface area contributed by atoms with Gasteiger partial charge in [-0.2, -0.15) is 5.10 Å². The highest BCUT2D eigenvalue weighted by Crippen LogP contribution is 2.24. The zero-order valence-corrected chi connectivity index (χ0v) is 46.9. The molecule has 14 nitrogen and oxygen atoms in total. The van der Waals surface area contributed by atoms with Crippen LogP contribution in [0, 0.1) is 13.8 Å². The predicted octanol–water partition coefficient (Wildman–Crippen LogP) is 12.9. The van der Waals surface area contributed by atoms with E-state index < -0.39 is 0 Å². The van der Waals surface area contributed by atoms with Gasteiger partial charge in [-0.15, -0.1) is 5.10 Å². The summed E-state index contributed by atoms with van der Waals surface area (Å²) in [5.41, 5.74) is 13.2. The molecule has 3 saturated heterocycles. The zero-order chi connectivity index (χ0) is 55.0. The number of aryl methyl sites for hydroxylation is 2. The molecule has 0 bridgehead atoms. The van der Waals surface area contributed by atoms with Crippen molar-refractivity contribution in [2.75, 3.05) is 109 Å². The van der Waals surface area contributed by atoms with Crippen molar-refractivity contribution in [1.29, 1.82) is 0 Å². The molecule has 5 aromatic carbocycles. The Morgan fingerprint density at radius 1 is 0.416 bits per heavy atom. The average molecular weight is 1040 g/mol. The van der Waals surface area contributed by atoms with Crippen LogP contribution in [-0.4, -0.2) is 122 Å². The highest BCUT2D eigenvalue weighted by Gasteiger charge is 2.25. The maximum atomic E-state index is 12.5. The Morgan fingerprint density at radius 3 is 1.04 bits per heavy atom. The SMILES string of the molecule is C=C(C)c1ccc(N2CCN(C(=O)Nc3ccc(C(C)C)cc3)CC2)cc1.Cc1ccc(N2CCN(C(=O)Nc3ccc(C(C)C)cc3)CC2)cc1.Cc1ccc(N2CCN(C(=O)Nc3ccc(C(C)C)cc3)CC2)nn1. The summed E-state index contributed by atoms with van der Waals surface area (Å²) in [4.78, 5) is 49.9. The normalized spacial score (nSPS) is 14.6. The van der Waals surface area contributed by atoms with Crippen molar-refractivity contribution in [3.63, 3.8) is 0 Å². The van der Waals surface area contributed by atoms with Crippen LogP contribution in [0.1, 0.15) is 99.7 Å². The first kappa shape index (κ1) is 56.8. The minimum absolute atomic E-state index is 0.0131. The maximum Gasteiger partial charge on any atom is 0.321 e. The van der Waals surface area contributed by atoms with E-state index in [1.807, 2.05) is 77.1 Å². The summed E-state index contributed by atoms with van der Waals surface area (Å²) >= 11 is 0. The van der Waals surface area contributed by atoms with Gasteiger partial charge in [0, 0.05) is 107 Å². The molecule has 1 aromatic heterocycles. The quantitative estimate of drug-likeness (QED) is 0.124. The number of hydrogen-bond acceptors (Lipinski definition) is 8. The number of nitrogens with zero attached hydrogens (tertiary/aromatic N) is 8. The summed E-state index contributed by atoms with van der Waals surface area (Å²) in [6.45, 7) is 32.2. The fourth-order valence-electron chi connectivity index (χ4n) is 9.21. The number of piperazine rings is 3. The number of carbonyl (C=O) groups is 3. The summed E-state index contributed by atoms with van der Waals surface area (Å²) in [6, 6.07) is 45.2. The smallest absolute Gasteiger partial charge is 0.321 e. The van der Waals surface area contributed by atoms with E-state index in [-0.39, 0.29) is 18.1 Å². The number of nitrogens with one attached hydrogen (secondary N) is 3. The van der Waals surface area contributed by atoms with E-state index in [1.165, 1.54) is 39.2 Å². The molecule has 0 spiro atoms. The zero-order valence-electron chi connectivity index (χ0n) is 46.9. The van der Waals surface area contributed by atoms with Gasteiger partial charge in [-0.25, -0.2) is 14.4 Å². The Labute approximate surface area is 458 Å². The third kappa shape index (κ3) is 16.6. The van der Waals surface area contributed by atoms with Gasteiger partial charge in [-0.05, 0) is 134 Å². The van der Waals surface area contributed by atoms with Gasteiger partial charge in [-0.3, -0.25) is 0 Å². The second-order valence-electron chi connectivity index (χ2n) is 21.2. The Kier molecular flexibility index (Phi) is 20.1. The molecule has 3 aliphatic heterocycles. The second-order valence-corrected chi connectivity index (χ2v) is 21.2. The molecule has 0 unspecified atom stereocenters. The van der Waals surface area contributed by atoms with Crippen molar-refractivity contribution in [3.05, 3.63) is 174 Å². The molecule has 3 N–H and O–H groups in total. The molecule has 77 heavy (non-hydrogen) atoms. The van der Waals surface area contributed by atoms with Gasteiger partial charge < -0.3 is 45.3 Å². The van der Waals surface area contributed by atoms with Crippen molar-refractivity contribution >= 4 is 57.9 Å². The first-order chi connectivity index (χ1) is 37.0. The monoisotopic (exact) mass is 1040 g/mol. The van der Waals surface area contributed by atoms with Crippen LogP contribution in [0.2, 0.25) is 0 Å². The standard InChI is InChI=1S/C23H29N3O.C21H27N3O.C19H25N5O/c1-17(2)19-5-9-21(10-6-19)24-23(27)26-15-13-25(14-16-26)22-11-7-20(8-12-22)18(3)4;1-16(2)18-6-8-19(9-7-18)22-21(25)24-14-12-23(13-15-24)20-10-4-17(3)5-11-20;1-14(2)16-5-7-17(8-6-16)20-19(25)24-12-10-23(11-13-24)18-9-4-15(3)21-22-18/h5-12,17H,3,13-16H2,1-2,4H3,(H,24,27);4-11,16H,12-15H2,1-3H3,(H,22,25);4-9,14H,10-13H2,1-3H3,(H,20,25). The van der Waals surface area contributed by atoms with E-state index in [2.05, 4.69) is 181 Å². The van der Waals surface area contributed by atoms with Gasteiger partial charge in [0.1, 0.15) is 0 Å². The molecular weight excluding hydrogens is 959 g/mol. The molecule has 3 fully saturated rings. The summed E-state index contributed by atoms with van der Waals surface area (Å²) < 4.78 is 0. The number of benzene rings is 5. The lowest BCUT2D eigenvalue weighted by molar-refractivity contribution is 0.207. The summed E-state index contributed by atoms with van der Waals surface area (Å²) in [6.07, 6.45) is 0. The van der Waals surface area contributed by atoms with Crippen molar-refractivity contribution in [1.82, 2.24) is 24.9 Å². The van der Waals surface area contributed by atoms with Crippen LogP contribution in [-0.2, 0) is 0 Å². The van der Waals surface area contributed by atoms with Crippen molar-refractivity contribution in [2.45, 2.75) is 80.1 Å². The largest absolute Gasteiger partial charge is 0.368 e. The molecule has 14 heteroatoms. The van der Waals surface area contributed by atoms with Gasteiger partial charge >= 0.3 is 18.1 Å². The van der Waals surface area contributed by atoms with E-state index >= 15 is 0 Å². The number of hydrogen-bond donors (Lipinski definition) is 3. The van der Waals surface area contributed by atoms with Crippen LogP contribution in [0.25, 0.3) is 5.57 Å². The van der Waals surface area contributed by atoms with Gasteiger partial charge in [0.05, 0.1) is 5.69 Å². The molecule has 6 amide bonds. The minimum atomic E-state index is -0.0491. The molecule has 0 aliphatic carbocycles. The molecule has 4 heterocycles. The number of urea groups is 3. The lowest BCUT2D eigenvalue weighted by Gasteiger charge is -2.36. The number of aromatic nitrogens is 2. The third-order valence-electron chi connectivity index (χ3n) is 14.4. The van der Waals surface area contributed by atoms with Gasteiger partial charge in [-0.1, -0.05) is 120 Å². The van der Waals surface area contributed by atoms with Crippen LogP contribution in [0.5, 0.6) is 0 Å². The Hall–Kier alpha value is -7.87. The highest BCUT2D eigenvalue weighted by molar-refractivity contribution is 5.91. The van der Waals surface area contributed by atoms with E-state index in [0.29, 0.717) is 30.8 Å². The summed E-state index contributed by atoms with van der Waals surface area (Å²) in [5, 5.41) is 17.3. The molecule has 0 atom stereocenters. The van der Waals surface area contributed by atoms with E-state index in [9.17, 15) is 14.4 Å². The number of allylic oxidation sites excluding steroid dienone is 1. The lowest BCUT2D eigenvalue weighted by atomic mass is 10.0. The van der Waals surface area contributed by atoms with E-state index in [4.69, 9.17) is 0 Å². The third-order valence-corrected chi connectivity index (χ3v) is 14.4. The van der Waals surface area contributed by atoms with E-state index in [1.54, 1.807) is 0 Å². The number of anilines is 6. The van der Waals surface area contributed by atoms with Crippen LogP contribution >= 0.6 is 0 Å². The molecule has 0 radical (unpaired) electrons. The molecule has 6 aromatic rings. The van der Waals surface area contributed by atoms with Crippen LogP contribution < -0.4 is 30.7 Å². The van der Waals surface area contributed by atoms with Gasteiger partial charge in [0.25, 0.3) is 0 Å². The van der Waals surface area contributed by atoms with Crippen molar-refractivity contribution in [3.8, 4) is 0 Å². The van der Waals surface area contributed by atoms with Crippen molar-refractivity contribution in [2.24, 2.45) is 0 Å². The van der Waals surface area contributed by atoms with Crippen molar-refractivity contribution < 1.29 is 14.4 Å². The Bertz CT molecular complexity index is 2680. The fourth-order valence-corrected chi connectivity index (χ4v) is 9.21. The second kappa shape index (κ2) is 27.3. The summed E-state index contributed by atoms with van der Waals surface area (Å²) in [7, 11) is 0. The first-order valence-electron chi connectivity index (χ1n) is 27.3. The lowest BCUT2D eigenvalue weighted by Crippen LogP contribution is -2.50. The fraction of sp³-hybridized carbons (Fsp3) is 0.381. The van der Waals surface area contributed by atoms with E-state index in [0.717, 1.165) is 99.6 Å². The summed E-state index contributed by atoms with van der Waals surface area (Å²) in [5.74, 6) is 2.35. The average Bonchev–Trinajstić information content (AvgIpc) is 3.44. The maximum absolute atomic E-state index is 12.5. The van der Waals surface area contributed by atoms with Crippen LogP contribution in [0.3, 0.4) is 0 Å². The molecular formula is C63H81N11O3. The van der Waals surface area contributed by atoms with Gasteiger partial charge in [0.2, 0.25) is 0 Å². The van der Waals surface area contributed by atoms with Crippen LogP contribution in [0.15, 0.2) is 140 Å². The molecule has 3 aliphatic rings. The van der Waals surface area contributed by atoms with Gasteiger partial charge in [0.15, 0.2) is 5.82 Å². The molecule has 406 valence electrons. The number of carbonyl (C=O) groups excluding carboxylic acids is 3. The number of rotatable bonds is 10. The van der Waals surface area contributed by atoms with Crippen LogP contribution in [0.4, 0.5) is 48.6 Å².